The smallest absolute Gasteiger partial charge is 0.0792 e. The first-order valence-electron chi connectivity index (χ1n) is 6.21. The van der Waals surface area contributed by atoms with Gasteiger partial charge in [0.15, 0.2) is 0 Å². The molecule has 1 rings (SSSR count). The van der Waals surface area contributed by atoms with Gasteiger partial charge < -0.3 is 5.11 Å². The Morgan fingerprint density at radius 3 is 2.18 bits per heavy atom. The van der Waals surface area contributed by atoms with Crippen LogP contribution in [0.1, 0.15) is 52.2 Å². The van der Waals surface area contributed by atoms with Crippen molar-refractivity contribution in [2.45, 2.75) is 46.6 Å². The fourth-order valence-electron chi connectivity index (χ4n) is 2.33. The van der Waals surface area contributed by atoms with Crippen molar-refractivity contribution in [1.82, 2.24) is 0 Å². The Morgan fingerprint density at radius 2 is 1.71 bits per heavy atom. The van der Waals surface area contributed by atoms with E-state index in [1.807, 2.05) is 24.3 Å². The lowest BCUT2D eigenvalue weighted by Crippen LogP contribution is -2.13. The van der Waals surface area contributed by atoms with Crippen LogP contribution in [0.25, 0.3) is 0 Å². The van der Waals surface area contributed by atoms with Gasteiger partial charge in [0.2, 0.25) is 0 Å². The van der Waals surface area contributed by atoms with Crippen LogP contribution in [0.3, 0.4) is 0 Å². The topological polar surface area (TPSA) is 20.2 Å². The zero-order chi connectivity index (χ0) is 13.1. The molecule has 0 fully saturated rings. The van der Waals surface area contributed by atoms with Crippen LogP contribution < -0.4 is 0 Å². The number of benzene rings is 1. The van der Waals surface area contributed by atoms with Crippen molar-refractivity contribution in [3.8, 4) is 0 Å². The molecule has 0 bridgehead atoms. The fourth-order valence-corrected chi connectivity index (χ4v) is 2.46. The molecule has 2 heteroatoms. The SMILES string of the molecule is CC(CC(O)c1ccc(Cl)cc1)CC(C)(C)C. The van der Waals surface area contributed by atoms with E-state index < -0.39 is 0 Å². The lowest BCUT2D eigenvalue weighted by molar-refractivity contribution is 0.134. The van der Waals surface area contributed by atoms with E-state index in [9.17, 15) is 5.11 Å². The summed E-state index contributed by atoms with van der Waals surface area (Å²) in [5.74, 6) is 0.515. The Labute approximate surface area is 110 Å². The second kappa shape index (κ2) is 5.88. The molecule has 0 aliphatic rings. The van der Waals surface area contributed by atoms with Crippen molar-refractivity contribution < 1.29 is 5.11 Å². The van der Waals surface area contributed by atoms with E-state index in [2.05, 4.69) is 27.7 Å². The van der Waals surface area contributed by atoms with Crippen molar-refractivity contribution in [3.63, 3.8) is 0 Å². The molecule has 1 aromatic carbocycles. The Kier molecular flexibility index (Phi) is 5.03. The maximum Gasteiger partial charge on any atom is 0.0792 e. The average Bonchev–Trinajstić information content (AvgIpc) is 2.15. The molecule has 1 aromatic rings. The van der Waals surface area contributed by atoms with Gasteiger partial charge in [-0.15, -0.1) is 0 Å². The first-order chi connectivity index (χ1) is 7.78. The average molecular weight is 255 g/mol. The summed E-state index contributed by atoms with van der Waals surface area (Å²) in [4.78, 5) is 0. The predicted molar refractivity (Wildman–Crippen MR) is 74.3 cm³/mol. The standard InChI is InChI=1S/C15H23ClO/c1-11(10-15(2,3)4)9-14(17)12-5-7-13(16)8-6-12/h5-8,11,14,17H,9-10H2,1-4H3. The largest absolute Gasteiger partial charge is 0.388 e. The van der Waals surface area contributed by atoms with E-state index in [1.165, 1.54) is 0 Å². The second-order valence-electron chi connectivity index (χ2n) is 6.17. The molecular formula is C15H23ClO. The van der Waals surface area contributed by atoms with Gasteiger partial charge in [0.05, 0.1) is 6.10 Å². The lowest BCUT2D eigenvalue weighted by atomic mass is 9.82. The summed E-state index contributed by atoms with van der Waals surface area (Å²) in [6.45, 7) is 8.90. The molecule has 2 unspecified atom stereocenters. The summed E-state index contributed by atoms with van der Waals surface area (Å²) in [6.07, 6.45) is 1.54. The zero-order valence-electron chi connectivity index (χ0n) is 11.2. The lowest BCUT2D eigenvalue weighted by Gasteiger charge is -2.25. The van der Waals surface area contributed by atoms with Crippen LogP contribution in [-0.4, -0.2) is 5.11 Å². The van der Waals surface area contributed by atoms with Crippen LogP contribution >= 0.6 is 11.6 Å². The Morgan fingerprint density at radius 1 is 1.18 bits per heavy atom. The van der Waals surface area contributed by atoms with Crippen molar-refractivity contribution in [2.24, 2.45) is 11.3 Å². The first kappa shape index (κ1) is 14.5. The molecule has 0 spiro atoms. The third-order valence-electron chi connectivity index (χ3n) is 2.84. The summed E-state index contributed by atoms with van der Waals surface area (Å²) >= 11 is 5.83. The minimum absolute atomic E-state index is 0.319. The van der Waals surface area contributed by atoms with Crippen LogP contribution in [0, 0.1) is 11.3 Å². The summed E-state index contributed by atoms with van der Waals surface area (Å²) in [6, 6.07) is 7.46. The van der Waals surface area contributed by atoms with Crippen LogP contribution in [0.4, 0.5) is 0 Å². The minimum Gasteiger partial charge on any atom is -0.388 e. The third kappa shape index (κ3) is 5.56. The van der Waals surface area contributed by atoms with E-state index in [-0.39, 0.29) is 6.10 Å². The fraction of sp³-hybridized carbons (Fsp3) is 0.600. The maximum absolute atomic E-state index is 10.1. The molecule has 2 atom stereocenters. The van der Waals surface area contributed by atoms with Crippen LogP contribution in [0.2, 0.25) is 5.02 Å². The van der Waals surface area contributed by atoms with Gasteiger partial charge in [0.25, 0.3) is 0 Å². The quantitative estimate of drug-likeness (QED) is 0.816. The van der Waals surface area contributed by atoms with E-state index >= 15 is 0 Å². The normalized spacial score (nSPS) is 15.6. The minimum atomic E-state index is -0.385. The highest BCUT2D eigenvalue weighted by molar-refractivity contribution is 6.30. The van der Waals surface area contributed by atoms with Gasteiger partial charge in [-0.05, 0) is 41.9 Å². The Hall–Kier alpha value is -0.530. The molecule has 0 amide bonds. The number of rotatable bonds is 4. The van der Waals surface area contributed by atoms with Crippen LogP contribution in [-0.2, 0) is 0 Å². The molecule has 1 nitrogen and oxygen atoms in total. The molecule has 0 aliphatic heterocycles. The van der Waals surface area contributed by atoms with Gasteiger partial charge in [0.1, 0.15) is 0 Å². The highest BCUT2D eigenvalue weighted by Crippen LogP contribution is 2.30. The van der Waals surface area contributed by atoms with Gasteiger partial charge >= 0.3 is 0 Å². The van der Waals surface area contributed by atoms with E-state index in [0.717, 1.165) is 18.4 Å². The molecule has 0 saturated carbocycles. The van der Waals surface area contributed by atoms with Crippen molar-refractivity contribution >= 4 is 11.6 Å². The highest BCUT2D eigenvalue weighted by atomic mass is 35.5. The molecule has 0 aliphatic carbocycles. The number of hydrogen-bond acceptors (Lipinski definition) is 1. The molecule has 0 aromatic heterocycles. The van der Waals surface area contributed by atoms with E-state index in [0.29, 0.717) is 16.4 Å². The van der Waals surface area contributed by atoms with Gasteiger partial charge in [-0.25, -0.2) is 0 Å². The Balaban J connectivity index is 2.54. The van der Waals surface area contributed by atoms with Gasteiger partial charge in [0, 0.05) is 5.02 Å². The predicted octanol–water partition coefficient (Wildman–Crippen LogP) is 4.84. The van der Waals surface area contributed by atoms with Crippen LogP contribution in [0.5, 0.6) is 0 Å². The molecule has 0 heterocycles. The van der Waals surface area contributed by atoms with Crippen molar-refractivity contribution in [3.05, 3.63) is 34.9 Å². The highest BCUT2D eigenvalue weighted by Gasteiger charge is 2.18. The first-order valence-corrected chi connectivity index (χ1v) is 6.59. The second-order valence-corrected chi connectivity index (χ2v) is 6.61. The maximum atomic E-state index is 10.1. The van der Waals surface area contributed by atoms with Gasteiger partial charge in [-0.1, -0.05) is 51.4 Å². The van der Waals surface area contributed by atoms with Crippen molar-refractivity contribution in [2.75, 3.05) is 0 Å². The monoisotopic (exact) mass is 254 g/mol. The summed E-state index contributed by atoms with van der Waals surface area (Å²) in [5, 5.41) is 10.8. The van der Waals surface area contributed by atoms with Gasteiger partial charge in [-0.2, -0.15) is 0 Å². The van der Waals surface area contributed by atoms with E-state index in [1.54, 1.807) is 0 Å². The summed E-state index contributed by atoms with van der Waals surface area (Å²) < 4.78 is 0. The van der Waals surface area contributed by atoms with Crippen molar-refractivity contribution in [1.29, 1.82) is 0 Å². The number of aliphatic hydroxyl groups is 1. The molecule has 1 N–H and O–H groups in total. The van der Waals surface area contributed by atoms with Gasteiger partial charge in [-0.3, -0.25) is 0 Å². The zero-order valence-corrected chi connectivity index (χ0v) is 12.0. The Bertz CT molecular complexity index is 337. The molecule has 96 valence electrons. The molecule has 0 radical (unpaired) electrons. The van der Waals surface area contributed by atoms with Crippen LogP contribution in [0.15, 0.2) is 24.3 Å². The third-order valence-corrected chi connectivity index (χ3v) is 3.09. The van der Waals surface area contributed by atoms with E-state index in [4.69, 9.17) is 11.6 Å². The number of hydrogen-bond donors (Lipinski definition) is 1. The molecular weight excluding hydrogens is 232 g/mol. The summed E-state index contributed by atoms with van der Waals surface area (Å²) in [5.41, 5.74) is 1.27. The number of aliphatic hydroxyl groups excluding tert-OH is 1. The number of halogens is 1. The summed E-state index contributed by atoms with van der Waals surface area (Å²) in [7, 11) is 0. The molecule has 17 heavy (non-hydrogen) atoms. The molecule has 0 saturated heterocycles.